The van der Waals surface area contributed by atoms with Gasteiger partial charge in [-0.25, -0.2) is 4.98 Å². The summed E-state index contributed by atoms with van der Waals surface area (Å²) in [5, 5.41) is 0. The highest BCUT2D eigenvalue weighted by atomic mass is 79.9. The van der Waals surface area contributed by atoms with Crippen molar-refractivity contribution < 1.29 is 0 Å². The lowest BCUT2D eigenvalue weighted by Gasteiger charge is -2.18. The van der Waals surface area contributed by atoms with Crippen molar-refractivity contribution in [2.45, 2.75) is 51.5 Å². The van der Waals surface area contributed by atoms with Crippen molar-refractivity contribution >= 4 is 15.9 Å². The minimum absolute atomic E-state index is 0.499. The van der Waals surface area contributed by atoms with Gasteiger partial charge in [-0.2, -0.15) is 0 Å². The van der Waals surface area contributed by atoms with Gasteiger partial charge in [-0.3, -0.25) is 0 Å². The quantitative estimate of drug-likeness (QED) is 0.744. The van der Waals surface area contributed by atoms with Crippen LogP contribution in [0.2, 0.25) is 0 Å². The van der Waals surface area contributed by atoms with Crippen molar-refractivity contribution in [3.8, 4) is 0 Å². The third-order valence-electron chi connectivity index (χ3n) is 2.91. The summed E-state index contributed by atoms with van der Waals surface area (Å²) in [4.78, 5) is 4.20. The summed E-state index contributed by atoms with van der Waals surface area (Å²) in [7, 11) is 0. The molecular formula is C12H22BrN3. The van der Waals surface area contributed by atoms with E-state index in [1.54, 1.807) is 0 Å². The summed E-state index contributed by atoms with van der Waals surface area (Å²) in [6.45, 7) is 2.98. The Hall–Kier alpha value is -0.350. The van der Waals surface area contributed by atoms with Gasteiger partial charge in [0, 0.05) is 18.4 Å². The number of imidazole rings is 1. The highest BCUT2D eigenvalue weighted by Gasteiger charge is 2.12. The molecule has 1 heterocycles. The molecule has 0 aliphatic heterocycles. The number of nitrogens with two attached hydrogens (primary N) is 1. The van der Waals surface area contributed by atoms with Crippen LogP contribution in [0, 0.1) is 0 Å². The molecule has 0 aliphatic rings. The molecule has 1 atom stereocenters. The molecule has 0 spiro atoms. The van der Waals surface area contributed by atoms with Crippen molar-refractivity contribution in [3.63, 3.8) is 0 Å². The molecule has 2 N–H and O–H groups in total. The van der Waals surface area contributed by atoms with E-state index in [9.17, 15) is 0 Å². The fourth-order valence-corrected chi connectivity index (χ4v) is 2.51. The first-order chi connectivity index (χ1) is 7.79. The maximum Gasteiger partial charge on any atom is 0.177 e. The van der Waals surface area contributed by atoms with Crippen molar-refractivity contribution in [2.75, 3.05) is 6.54 Å². The van der Waals surface area contributed by atoms with Gasteiger partial charge in [-0.05, 0) is 35.3 Å². The summed E-state index contributed by atoms with van der Waals surface area (Å²) in [5.74, 6) is 0. The second-order valence-corrected chi connectivity index (χ2v) is 4.89. The van der Waals surface area contributed by atoms with Gasteiger partial charge in [0.15, 0.2) is 4.73 Å². The van der Waals surface area contributed by atoms with E-state index in [0.29, 0.717) is 6.04 Å². The fraction of sp³-hybridized carbons (Fsp3) is 0.750. The number of hydrogen-bond donors (Lipinski definition) is 1. The number of nitrogens with zero attached hydrogens (tertiary/aromatic N) is 2. The van der Waals surface area contributed by atoms with E-state index in [2.05, 4.69) is 32.4 Å². The maximum absolute atomic E-state index is 5.67. The zero-order chi connectivity index (χ0) is 11.8. The molecule has 1 rings (SSSR count). The summed E-state index contributed by atoms with van der Waals surface area (Å²) in [5.41, 5.74) is 5.67. The molecule has 0 bridgehead atoms. The molecule has 1 aromatic rings. The molecule has 0 amide bonds. The van der Waals surface area contributed by atoms with Gasteiger partial charge in [0.1, 0.15) is 0 Å². The molecule has 0 aromatic carbocycles. The SMILES string of the molecule is CCCCCCC(CCN)n1ccnc1Br. The van der Waals surface area contributed by atoms with Gasteiger partial charge in [0.25, 0.3) is 0 Å². The van der Waals surface area contributed by atoms with Crippen LogP contribution in [0.1, 0.15) is 51.5 Å². The molecule has 92 valence electrons. The highest BCUT2D eigenvalue weighted by molar-refractivity contribution is 9.10. The Balaban J connectivity index is 2.45. The van der Waals surface area contributed by atoms with E-state index in [4.69, 9.17) is 5.73 Å². The van der Waals surface area contributed by atoms with E-state index in [1.165, 1.54) is 32.1 Å². The first kappa shape index (κ1) is 13.7. The summed E-state index contributed by atoms with van der Waals surface area (Å²) < 4.78 is 3.11. The van der Waals surface area contributed by atoms with Crippen LogP contribution in [0.4, 0.5) is 0 Å². The van der Waals surface area contributed by atoms with Gasteiger partial charge < -0.3 is 10.3 Å². The lowest BCUT2D eigenvalue weighted by Crippen LogP contribution is -2.14. The minimum atomic E-state index is 0.499. The van der Waals surface area contributed by atoms with Crippen LogP contribution < -0.4 is 5.73 Å². The number of rotatable bonds is 8. The molecule has 1 unspecified atom stereocenters. The largest absolute Gasteiger partial charge is 0.330 e. The van der Waals surface area contributed by atoms with Gasteiger partial charge in [0.2, 0.25) is 0 Å². The molecule has 0 radical (unpaired) electrons. The van der Waals surface area contributed by atoms with Crippen molar-refractivity contribution in [1.29, 1.82) is 0 Å². The van der Waals surface area contributed by atoms with E-state index < -0.39 is 0 Å². The zero-order valence-corrected chi connectivity index (χ0v) is 11.6. The average molecular weight is 288 g/mol. The van der Waals surface area contributed by atoms with Crippen LogP contribution in [-0.2, 0) is 0 Å². The van der Waals surface area contributed by atoms with Gasteiger partial charge in [-0.15, -0.1) is 0 Å². The standard InChI is InChI=1S/C12H22BrN3/c1-2-3-4-5-6-11(7-8-14)16-10-9-15-12(16)13/h9-11H,2-8,14H2,1H3. The minimum Gasteiger partial charge on any atom is -0.330 e. The third kappa shape index (κ3) is 4.26. The van der Waals surface area contributed by atoms with Crippen molar-refractivity contribution in [1.82, 2.24) is 9.55 Å². The third-order valence-corrected chi connectivity index (χ3v) is 3.52. The number of hydrogen-bond acceptors (Lipinski definition) is 2. The maximum atomic E-state index is 5.67. The predicted molar refractivity (Wildman–Crippen MR) is 71.4 cm³/mol. The van der Waals surface area contributed by atoms with Crippen LogP contribution in [0.5, 0.6) is 0 Å². The normalized spacial score (nSPS) is 12.9. The second-order valence-electron chi connectivity index (χ2n) is 4.18. The smallest absolute Gasteiger partial charge is 0.177 e. The van der Waals surface area contributed by atoms with E-state index in [-0.39, 0.29) is 0 Å². The van der Waals surface area contributed by atoms with Crippen molar-refractivity contribution in [3.05, 3.63) is 17.1 Å². The van der Waals surface area contributed by atoms with Crippen LogP contribution in [0.15, 0.2) is 17.1 Å². The summed E-state index contributed by atoms with van der Waals surface area (Å²) >= 11 is 3.47. The molecule has 3 nitrogen and oxygen atoms in total. The Morgan fingerprint density at radius 2 is 2.19 bits per heavy atom. The van der Waals surface area contributed by atoms with E-state index in [1.807, 2.05) is 12.4 Å². The van der Waals surface area contributed by atoms with Gasteiger partial charge in [-0.1, -0.05) is 32.6 Å². The fourth-order valence-electron chi connectivity index (χ4n) is 1.99. The molecule has 4 heteroatoms. The second kappa shape index (κ2) is 7.85. The Labute approximate surface area is 107 Å². The Bertz CT molecular complexity index is 286. The lowest BCUT2D eigenvalue weighted by molar-refractivity contribution is 0.413. The molecule has 0 aliphatic carbocycles. The summed E-state index contributed by atoms with van der Waals surface area (Å²) in [6, 6.07) is 0.499. The number of halogens is 1. The molecular weight excluding hydrogens is 266 g/mol. The Kier molecular flexibility index (Phi) is 6.73. The van der Waals surface area contributed by atoms with Crippen molar-refractivity contribution in [2.24, 2.45) is 5.73 Å². The van der Waals surface area contributed by atoms with Gasteiger partial charge in [0.05, 0.1) is 0 Å². The van der Waals surface area contributed by atoms with Crippen LogP contribution in [-0.4, -0.2) is 16.1 Å². The molecule has 16 heavy (non-hydrogen) atoms. The van der Waals surface area contributed by atoms with E-state index >= 15 is 0 Å². The zero-order valence-electron chi connectivity index (χ0n) is 10.0. The topological polar surface area (TPSA) is 43.8 Å². The molecule has 0 saturated heterocycles. The van der Waals surface area contributed by atoms with Crippen LogP contribution in [0.3, 0.4) is 0 Å². The molecule has 1 aromatic heterocycles. The highest BCUT2D eigenvalue weighted by Crippen LogP contribution is 2.23. The Morgan fingerprint density at radius 1 is 1.38 bits per heavy atom. The van der Waals surface area contributed by atoms with Gasteiger partial charge >= 0.3 is 0 Å². The first-order valence-corrected chi connectivity index (χ1v) is 6.97. The predicted octanol–water partition coefficient (Wildman–Crippen LogP) is 3.51. The number of aromatic nitrogens is 2. The summed E-state index contributed by atoms with van der Waals surface area (Å²) in [6.07, 6.45) is 11.3. The van der Waals surface area contributed by atoms with Crippen LogP contribution in [0.25, 0.3) is 0 Å². The van der Waals surface area contributed by atoms with E-state index in [0.717, 1.165) is 17.7 Å². The average Bonchev–Trinajstić information content (AvgIpc) is 2.69. The molecule has 0 fully saturated rings. The number of unbranched alkanes of at least 4 members (excludes halogenated alkanes) is 3. The lowest BCUT2D eigenvalue weighted by atomic mass is 10.0. The molecule has 0 saturated carbocycles. The monoisotopic (exact) mass is 287 g/mol. The van der Waals surface area contributed by atoms with Crippen LogP contribution >= 0.6 is 15.9 Å². The first-order valence-electron chi connectivity index (χ1n) is 6.18. The Morgan fingerprint density at radius 3 is 2.75 bits per heavy atom.